The number of pyridine rings is 1. The van der Waals surface area contributed by atoms with Crippen LogP contribution in [0.1, 0.15) is 6.92 Å². The highest BCUT2D eigenvalue weighted by Gasteiger charge is 2.05. The molecule has 4 nitrogen and oxygen atoms in total. The summed E-state index contributed by atoms with van der Waals surface area (Å²) >= 11 is 5.95. The van der Waals surface area contributed by atoms with Crippen LogP contribution in [0.2, 0.25) is 5.15 Å². The number of esters is 1. The number of hydrogen-bond donors (Lipinski definition) is 0. The maximum Gasteiger partial charge on any atom is 0.344 e. The summed E-state index contributed by atoms with van der Waals surface area (Å²) in [6.45, 7) is 2.00. The number of hydrogen-bond acceptors (Lipinski definition) is 4. The van der Waals surface area contributed by atoms with Crippen molar-refractivity contribution < 1.29 is 14.3 Å². The summed E-state index contributed by atoms with van der Waals surface area (Å²) in [5.74, 6) is 0.211. The fraction of sp³-hybridized carbons (Fsp3) is 0.231. The van der Waals surface area contributed by atoms with Crippen molar-refractivity contribution in [3.05, 3.63) is 35.6 Å². The molecule has 18 heavy (non-hydrogen) atoms. The van der Waals surface area contributed by atoms with Crippen molar-refractivity contribution in [1.82, 2.24) is 4.98 Å². The minimum atomic E-state index is -0.384. The molecule has 1 aromatic carbocycles. The largest absolute Gasteiger partial charge is 0.482 e. The van der Waals surface area contributed by atoms with Gasteiger partial charge in [0.1, 0.15) is 10.9 Å². The van der Waals surface area contributed by atoms with Crippen molar-refractivity contribution in [2.75, 3.05) is 13.2 Å². The fourth-order valence-electron chi connectivity index (χ4n) is 1.55. The number of carbonyl (C=O) groups excluding carboxylic acids is 1. The number of rotatable bonds is 4. The van der Waals surface area contributed by atoms with Crippen LogP contribution in [0, 0.1) is 0 Å². The maximum atomic E-state index is 11.2. The second-order valence-corrected chi connectivity index (χ2v) is 3.94. The highest BCUT2D eigenvalue weighted by Crippen LogP contribution is 2.25. The summed E-state index contributed by atoms with van der Waals surface area (Å²) in [7, 11) is 0. The predicted octanol–water partition coefficient (Wildman–Crippen LogP) is 2.83. The van der Waals surface area contributed by atoms with Crippen LogP contribution in [0.4, 0.5) is 0 Å². The first-order valence-corrected chi connectivity index (χ1v) is 5.91. The number of aromatic nitrogens is 1. The van der Waals surface area contributed by atoms with Crippen molar-refractivity contribution in [1.29, 1.82) is 0 Å². The lowest BCUT2D eigenvalue weighted by Crippen LogP contribution is -2.14. The quantitative estimate of drug-likeness (QED) is 0.630. The van der Waals surface area contributed by atoms with Gasteiger partial charge < -0.3 is 9.47 Å². The molecule has 0 bridgehead atoms. The van der Waals surface area contributed by atoms with Gasteiger partial charge in [-0.05, 0) is 36.6 Å². The average molecular weight is 266 g/mol. The van der Waals surface area contributed by atoms with Gasteiger partial charge in [-0.1, -0.05) is 11.6 Å². The van der Waals surface area contributed by atoms with Gasteiger partial charge in [0, 0.05) is 11.6 Å². The number of benzene rings is 1. The van der Waals surface area contributed by atoms with E-state index in [1.165, 1.54) is 0 Å². The molecule has 1 heterocycles. The molecule has 5 heteroatoms. The SMILES string of the molecule is CCOC(=O)COc1ccc2c(Cl)nccc2c1. The molecule has 0 N–H and O–H groups in total. The Hall–Kier alpha value is -1.81. The summed E-state index contributed by atoms with van der Waals surface area (Å²) in [6.07, 6.45) is 1.62. The Balaban J connectivity index is 2.13. The lowest BCUT2D eigenvalue weighted by Gasteiger charge is -2.07. The number of ether oxygens (including phenoxy) is 2. The van der Waals surface area contributed by atoms with E-state index in [-0.39, 0.29) is 12.6 Å². The van der Waals surface area contributed by atoms with Crippen LogP contribution in [0.3, 0.4) is 0 Å². The Morgan fingerprint density at radius 1 is 1.39 bits per heavy atom. The summed E-state index contributed by atoms with van der Waals surface area (Å²) in [6, 6.07) is 7.20. The van der Waals surface area contributed by atoms with Gasteiger partial charge >= 0.3 is 5.97 Å². The topological polar surface area (TPSA) is 48.4 Å². The molecule has 0 atom stereocenters. The van der Waals surface area contributed by atoms with Crippen molar-refractivity contribution in [2.24, 2.45) is 0 Å². The van der Waals surface area contributed by atoms with E-state index < -0.39 is 0 Å². The molecule has 1 aromatic heterocycles. The third-order valence-corrected chi connectivity index (χ3v) is 2.65. The third kappa shape index (κ3) is 2.90. The Labute approximate surface area is 109 Å². The first-order valence-electron chi connectivity index (χ1n) is 5.53. The molecule has 0 saturated carbocycles. The van der Waals surface area contributed by atoms with E-state index in [9.17, 15) is 4.79 Å². The molecule has 2 aromatic rings. The molecule has 0 saturated heterocycles. The average Bonchev–Trinajstić information content (AvgIpc) is 2.37. The van der Waals surface area contributed by atoms with E-state index in [2.05, 4.69) is 4.98 Å². The van der Waals surface area contributed by atoms with Gasteiger partial charge in [0.15, 0.2) is 6.61 Å². The minimum Gasteiger partial charge on any atom is -0.482 e. The fourth-order valence-corrected chi connectivity index (χ4v) is 1.78. The standard InChI is InChI=1S/C13H12ClNO3/c1-2-17-12(16)8-18-10-3-4-11-9(7-10)5-6-15-13(11)14/h3-7H,2,8H2,1H3. The monoisotopic (exact) mass is 265 g/mol. The zero-order valence-corrected chi connectivity index (χ0v) is 10.6. The summed E-state index contributed by atoms with van der Waals surface area (Å²) < 4.78 is 10.1. The molecule has 0 aliphatic heterocycles. The Morgan fingerprint density at radius 2 is 2.22 bits per heavy atom. The van der Waals surface area contributed by atoms with Gasteiger partial charge in [0.2, 0.25) is 0 Å². The van der Waals surface area contributed by atoms with E-state index in [0.717, 1.165) is 10.8 Å². The second kappa shape index (κ2) is 5.69. The summed E-state index contributed by atoms with van der Waals surface area (Å²) in [5.41, 5.74) is 0. The molecular formula is C13H12ClNO3. The Kier molecular flexibility index (Phi) is 3.99. The van der Waals surface area contributed by atoms with Crippen LogP contribution in [-0.4, -0.2) is 24.2 Å². The van der Waals surface area contributed by atoms with E-state index in [1.54, 1.807) is 19.2 Å². The Morgan fingerprint density at radius 3 is 3.00 bits per heavy atom. The molecule has 0 aliphatic carbocycles. The maximum absolute atomic E-state index is 11.2. The molecule has 94 valence electrons. The van der Waals surface area contributed by atoms with Crippen molar-refractivity contribution in [3.63, 3.8) is 0 Å². The highest BCUT2D eigenvalue weighted by atomic mass is 35.5. The Bertz CT molecular complexity index is 571. The normalized spacial score (nSPS) is 10.3. The molecular weight excluding hydrogens is 254 g/mol. The predicted molar refractivity (Wildman–Crippen MR) is 68.9 cm³/mol. The van der Waals surface area contributed by atoms with Crippen molar-refractivity contribution in [2.45, 2.75) is 6.92 Å². The lowest BCUT2D eigenvalue weighted by atomic mass is 10.2. The van der Waals surface area contributed by atoms with Crippen LogP contribution in [0.15, 0.2) is 30.5 Å². The van der Waals surface area contributed by atoms with Crippen LogP contribution in [-0.2, 0) is 9.53 Å². The summed E-state index contributed by atoms with van der Waals surface area (Å²) in [5, 5.41) is 2.21. The number of carbonyl (C=O) groups is 1. The zero-order valence-electron chi connectivity index (χ0n) is 9.85. The smallest absolute Gasteiger partial charge is 0.344 e. The molecule has 0 aliphatic rings. The van der Waals surface area contributed by atoms with Crippen molar-refractivity contribution >= 4 is 28.3 Å². The van der Waals surface area contributed by atoms with Crippen LogP contribution >= 0.6 is 11.6 Å². The van der Waals surface area contributed by atoms with Gasteiger partial charge in [-0.3, -0.25) is 0 Å². The number of nitrogens with zero attached hydrogens (tertiary/aromatic N) is 1. The van der Waals surface area contributed by atoms with Crippen molar-refractivity contribution in [3.8, 4) is 5.75 Å². The first-order chi connectivity index (χ1) is 8.70. The molecule has 0 amide bonds. The molecule has 2 rings (SSSR count). The van der Waals surface area contributed by atoms with E-state index in [0.29, 0.717) is 17.5 Å². The second-order valence-electron chi connectivity index (χ2n) is 3.58. The minimum absolute atomic E-state index is 0.0990. The van der Waals surface area contributed by atoms with Crippen LogP contribution in [0.25, 0.3) is 10.8 Å². The molecule has 0 radical (unpaired) electrons. The lowest BCUT2D eigenvalue weighted by molar-refractivity contribution is -0.145. The first kappa shape index (κ1) is 12.6. The van der Waals surface area contributed by atoms with Crippen LogP contribution in [0.5, 0.6) is 5.75 Å². The van der Waals surface area contributed by atoms with Gasteiger partial charge in [0.05, 0.1) is 6.61 Å². The third-order valence-electron chi connectivity index (χ3n) is 2.35. The summed E-state index contributed by atoms with van der Waals surface area (Å²) in [4.78, 5) is 15.1. The van der Waals surface area contributed by atoms with E-state index in [1.807, 2.05) is 18.2 Å². The highest BCUT2D eigenvalue weighted by molar-refractivity contribution is 6.34. The zero-order chi connectivity index (χ0) is 13.0. The van der Waals surface area contributed by atoms with Gasteiger partial charge in [-0.15, -0.1) is 0 Å². The molecule has 0 spiro atoms. The molecule has 0 fully saturated rings. The van der Waals surface area contributed by atoms with Gasteiger partial charge in [-0.25, -0.2) is 9.78 Å². The molecule has 0 unspecified atom stereocenters. The van der Waals surface area contributed by atoms with Gasteiger partial charge in [-0.2, -0.15) is 0 Å². The number of halogens is 1. The number of fused-ring (bicyclic) bond motifs is 1. The van der Waals surface area contributed by atoms with Gasteiger partial charge in [0.25, 0.3) is 0 Å². The van der Waals surface area contributed by atoms with E-state index in [4.69, 9.17) is 21.1 Å². The van der Waals surface area contributed by atoms with Crippen LogP contribution < -0.4 is 4.74 Å². The van der Waals surface area contributed by atoms with E-state index >= 15 is 0 Å².